The molecule has 34 heavy (non-hydrogen) atoms. The highest BCUT2D eigenvalue weighted by Crippen LogP contribution is 2.31. The summed E-state index contributed by atoms with van der Waals surface area (Å²) in [4.78, 5) is 11.1. The van der Waals surface area contributed by atoms with Gasteiger partial charge in [0, 0.05) is 47.0 Å². The lowest BCUT2D eigenvalue weighted by molar-refractivity contribution is 0.337. The molecule has 2 fully saturated rings. The van der Waals surface area contributed by atoms with Gasteiger partial charge in [0.05, 0.1) is 19.3 Å². The Bertz CT molecular complexity index is 1080. The molecule has 0 radical (unpaired) electrons. The summed E-state index contributed by atoms with van der Waals surface area (Å²) < 4.78 is 17.1. The third-order valence-corrected chi connectivity index (χ3v) is 7.45. The molecule has 6 N–H and O–H groups in total. The first kappa shape index (κ1) is 24.1. The van der Waals surface area contributed by atoms with Crippen molar-refractivity contribution >= 4 is 39.8 Å². The van der Waals surface area contributed by atoms with Gasteiger partial charge < -0.3 is 26.8 Å². The maximum Gasteiger partial charge on any atom is 0.231 e. The number of hydrogen-bond donors (Lipinski definition) is 4. The van der Waals surface area contributed by atoms with Crippen LogP contribution >= 0.6 is 0 Å². The molecule has 9 nitrogen and oxygen atoms in total. The van der Waals surface area contributed by atoms with Crippen molar-refractivity contribution in [2.75, 3.05) is 60.4 Å². The monoisotopic (exact) mass is 483 g/mol. The fraction of sp³-hybridized carbons (Fsp3) is 0.500. The summed E-state index contributed by atoms with van der Waals surface area (Å²) in [6.07, 6.45) is 5.87. The second-order valence-electron chi connectivity index (χ2n) is 8.64. The molecule has 4 rings (SSSR count). The molecule has 1 aromatic carbocycles. The molecule has 1 saturated heterocycles. The van der Waals surface area contributed by atoms with Crippen LogP contribution in [0.2, 0.25) is 0 Å². The van der Waals surface area contributed by atoms with Crippen LogP contribution in [0.15, 0.2) is 18.2 Å². The molecule has 10 heteroatoms. The zero-order chi connectivity index (χ0) is 23.9. The quantitative estimate of drug-likeness (QED) is 0.458. The van der Waals surface area contributed by atoms with E-state index >= 15 is 0 Å². The fourth-order valence-corrected chi connectivity index (χ4v) is 5.30. The number of rotatable bonds is 6. The van der Waals surface area contributed by atoms with E-state index in [1.165, 1.54) is 19.3 Å². The molecule has 2 aromatic rings. The van der Waals surface area contributed by atoms with Gasteiger partial charge in [0.1, 0.15) is 11.4 Å². The number of aromatic nitrogens is 2. The topological polar surface area (TPSA) is 131 Å². The number of benzene rings is 1. The summed E-state index contributed by atoms with van der Waals surface area (Å²) in [5.41, 5.74) is 14.1. The summed E-state index contributed by atoms with van der Waals surface area (Å²) in [5, 5.41) is 6.64. The number of nitrogens with two attached hydrogens (primary N) is 2. The Morgan fingerprint density at radius 1 is 1.18 bits per heavy atom. The van der Waals surface area contributed by atoms with Crippen molar-refractivity contribution in [2.24, 2.45) is 0 Å². The molecule has 0 bridgehead atoms. The molecule has 1 aliphatic heterocycles. The van der Waals surface area contributed by atoms with Gasteiger partial charge in [-0.1, -0.05) is 31.1 Å². The van der Waals surface area contributed by atoms with E-state index in [0.29, 0.717) is 41.5 Å². The van der Waals surface area contributed by atoms with E-state index in [4.69, 9.17) is 16.2 Å². The Morgan fingerprint density at radius 3 is 2.68 bits per heavy atom. The van der Waals surface area contributed by atoms with Crippen molar-refractivity contribution in [3.8, 4) is 17.6 Å². The van der Waals surface area contributed by atoms with Gasteiger partial charge in [-0.15, -0.1) is 0 Å². The molecule has 0 spiro atoms. The normalized spacial score (nSPS) is 17.6. The molecule has 1 saturated carbocycles. The van der Waals surface area contributed by atoms with Gasteiger partial charge >= 0.3 is 0 Å². The van der Waals surface area contributed by atoms with Crippen LogP contribution in [0.1, 0.15) is 37.7 Å². The first-order valence-corrected chi connectivity index (χ1v) is 13.2. The molecule has 0 unspecified atom stereocenters. The summed E-state index contributed by atoms with van der Waals surface area (Å²) in [6.45, 7) is 2.32. The predicted octanol–water partition coefficient (Wildman–Crippen LogP) is 2.55. The Hall–Kier alpha value is -3.03. The summed E-state index contributed by atoms with van der Waals surface area (Å²) in [6, 6.07) is 6.03. The predicted molar refractivity (Wildman–Crippen MR) is 139 cm³/mol. The van der Waals surface area contributed by atoms with Gasteiger partial charge in [0.2, 0.25) is 5.95 Å². The third kappa shape index (κ3) is 6.30. The standard InChI is InChI=1S/C24H33N7O2S/c1-33-20-16-17(6-5-11-31-12-14-34(32)15-13-31)9-10-19(20)28-24-29-22(26)21(25)23(30-24)27-18-7-3-2-4-8-18/h9-10,16,18H,2-4,7-8,11-15,25H2,1H3,(H4,26,27,28,29,30). The van der Waals surface area contributed by atoms with E-state index in [2.05, 4.69) is 37.3 Å². The Morgan fingerprint density at radius 2 is 1.94 bits per heavy atom. The number of methoxy groups -OCH3 is 1. The number of nitrogen functional groups attached to an aromatic ring is 2. The number of anilines is 5. The first-order chi connectivity index (χ1) is 16.5. The van der Waals surface area contributed by atoms with Crippen molar-refractivity contribution < 1.29 is 8.95 Å². The van der Waals surface area contributed by atoms with Crippen molar-refractivity contribution in [2.45, 2.75) is 38.1 Å². The highest BCUT2D eigenvalue weighted by Gasteiger charge is 2.18. The number of hydrogen-bond acceptors (Lipinski definition) is 9. The highest BCUT2D eigenvalue weighted by molar-refractivity contribution is 7.85. The van der Waals surface area contributed by atoms with Gasteiger partial charge in [0.15, 0.2) is 11.6 Å². The zero-order valence-electron chi connectivity index (χ0n) is 19.6. The minimum absolute atomic E-state index is 0.235. The van der Waals surface area contributed by atoms with Gasteiger partial charge in [-0.25, -0.2) is 0 Å². The molecule has 0 atom stereocenters. The van der Waals surface area contributed by atoms with Gasteiger partial charge in [0.25, 0.3) is 0 Å². The second kappa shape index (κ2) is 11.4. The zero-order valence-corrected chi connectivity index (χ0v) is 20.4. The molecule has 1 aliphatic carbocycles. The number of nitrogens with one attached hydrogen (secondary N) is 2. The smallest absolute Gasteiger partial charge is 0.231 e. The summed E-state index contributed by atoms with van der Waals surface area (Å²) in [7, 11) is 0.935. The average molecular weight is 484 g/mol. The minimum atomic E-state index is -0.676. The SMILES string of the molecule is COc1cc(C#CCN2CCS(=O)CC2)ccc1Nc1nc(N)c(N)c(NC2CCCCC2)n1. The lowest BCUT2D eigenvalue weighted by atomic mass is 9.95. The molecular weight excluding hydrogens is 450 g/mol. The fourth-order valence-electron chi connectivity index (χ4n) is 4.17. The molecule has 0 amide bonds. The van der Waals surface area contributed by atoms with E-state index in [0.717, 1.165) is 43.0 Å². The molecule has 2 aliphatic rings. The second-order valence-corrected chi connectivity index (χ2v) is 10.3. The Balaban J connectivity index is 1.45. The van der Waals surface area contributed by atoms with Crippen LogP contribution in [0.5, 0.6) is 5.75 Å². The van der Waals surface area contributed by atoms with Crippen molar-refractivity contribution in [3.05, 3.63) is 23.8 Å². The van der Waals surface area contributed by atoms with Crippen LogP contribution in [0.25, 0.3) is 0 Å². The van der Waals surface area contributed by atoms with Crippen LogP contribution in [0, 0.1) is 11.8 Å². The van der Waals surface area contributed by atoms with E-state index in [9.17, 15) is 4.21 Å². The molecule has 2 heterocycles. The van der Waals surface area contributed by atoms with Crippen LogP contribution in [0.4, 0.5) is 29.0 Å². The lowest BCUT2D eigenvalue weighted by Gasteiger charge is -2.24. The van der Waals surface area contributed by atoms with Crippen molar-refractivity contribution in [1.29, 1.82) is 0 Å². The molecule has 182 valence electrons. The lowest BCUT2D eigenvalue weighted by Crippen LogP contribution is -2.37. The highest BCUT2D eigenvalue weighted by atomic mass is 32.2. The van der Waals surface area contributed by atoms with Crippen LogP contribution in [-0.4, -0.2) is 63.4 Å². The van der Waals surface area contributed by atoms with Crippen molar-refractivity contribution in [1.82, 2.24) is 14.9 Å². The van der Waals surface area contributed by atoms with Gasteiger partial charge in [-0.2, -0.15) is 9.97 Å². The largest absolute Gasteiger partial charge is 0.495 e. The minimum Gasteiger partial charge on any atom is -0.495 e. The average Bonchev–Trinajstić information content (AvgIpc) is 2.85. The molecule has 1 aromatic heterocycles. The summed E-state index contributed by atoms with van der Waals surface area (Å²) in [5.74, 6) is 9.62. The van der Waals surface area contributed by atoms with Crippen LogP contribution in [-0.2, 0) is 10.8 Å². The first-order valence-electron chi connectivity index (χ1n) is 11.7. The van der Waals surface area contributed by atoms with E-state index in [1.54, 1.807) is 7.11 Å². The Labute approximate surface area is 203 Å². The van der Waals surface area contributed by atoms with E-state index in [-0.39, 0.29) is 5.82 Å². The maximum atomic E-state index is 11.5. The number of ether oxygens (including phenoxy) is 1. The van der Waals surface area contributed by atoms with Gasteiger partial charge in [-0.05, 0) is 31.0 Å². The third-order valence-electron chi connectivity index (χ3n) is 6.17. The van der Waals surface area contributed by atoms with Gasteiger partial charge in [-0.3, -0.25) is 9.11 Å². The van der Waals surface area contributed by atoms with Crippen LogP contribution in [0.3, 0.4) is 0 Å². The van der Waals surface area contributed by atoms with Crippen LogP contribution < -0.4 is 26.8 Å². The Kier molecular flexibility index (Phi) is 8.08. The molecular formula is C24H33N7O2S. The van der Waals surface area contributed by atoms with Crippen molar-refractivity contribution in [3.63, 3.8) is 0 Å². The number of nitrogens with zero attached hydrogens (tertiary/aromatic N) is 3. The van der Waals surface area contributed by atoms with E-state index < -0.39 is 10.8 Å². The van der Waals surface area contributed by atoms with E-state index in [1.807, 2.05) is 18.2 Å². The maximum absolute atomic E-state index is 11.5. The summed E-state index contributed by atoms with van der Waals surface area (Å²) >= 11 is 0.